The fraction of sp³-hybridized carbons (Fsp3) is 0.412. The summed E-state index contributed by atoms with van der Waals surface area (Å²) in [5.74, 6) is -1.10. The predicted octanol–water partition coefficient (Wildman–Crippen LogP) is 5.43. The molecule has 2 rings (SSSR count). The van der Waals surface area contributed by atoms with Gasteiger partial charge in [0, 0.05) is 7.11 Å². The van der Waals surface area contributed by atoms with Gasteiger partial charge in [0.25, 0.3) is 5.85 Å². The van der Waals surface area contributed by atoms with E-state index in [4.69, 9.17) is 88.7 Å². The van der Waals surface area contributed by atoms with Crippen LogP contribution in [0.1, 0.15) is 5.56 Å². The van der Waals surface area contributed by atoms with Crippen molar-refractivity contribution < 1.29 is 19.0 Å². The topological polar surface area (TPSA) is 64.9 Å². The molecule has 0 radical (unpaired) electrons. The fourth-order valence-electron chi connectivity index (χ4n) is 2.51. The maximum absolute atomic E-state index is 6.06. The van der Waals surface area contributed by atoms with Crippen LogP contribution in [0.2, 0.25) is 0 Å². The van der Waals surface area contributed by atoms with E-state index < -0.39 is 13.4 Å². The normalized spacial score (nSPS) is 20.3. The van der Waals surface area contributed by atoms with Gasteiger partial charge in [0.2, 0.25) is 7.59 Å². The molecule has 13 heteroatoms. The van der Waals surface area contributed by atoms with Crippen molar-refractivity contribution in [3.8, 4) is 11.5 Å². The van der Waals surface area contributed by atoms with Crippen LogP contribution in [0.3, 0.4) is 0 Å². The Morgan fingerprint density at radius 1 is 0.933 bits per heavy atom. The Morgan fingerprint density at radius 3 is 2.03 bits per heavy atom. The van der Waals surface area contributed by atoms with Crippen LogP contribution in [0.25, 0.3) is 6.08 Å². The van der Waals surface area contributed by atoms with Crippen LogP contribution in [0.4, 0.5) is 0 Å². The van der Waals surface area contributed by atoms with Crippen LogP contribution >= 0.6 is 69.6 Å². The van der Waals surface area contributed by atoms with Crippen LogP contribution in [-0.4, -0.2) is 58.6 Å². The molecule has 0 amide bonds. The Hall–Kier alpha value is -0.640. The van der Waals surface area contributed by atoms with E-state index in [0.717, 1.165) is 5.06 Å². The summed E-state index contributed by atoms with van der Waals surface area (Å²) in [7, 11) is 5.74. The number of methoxy groups -OCH3 is 3. The van der Waals surface area contributed by atoms with E-state index in [0.29, 0.717) is 17.1 Å². The Labute approximate surface area is 204 Å². The van der Waals surface area contributed by atoms with Crippen LogP contribution in [0.5, 0.6) is 11.5 Å². The van der Waals surface area contributed by atoms with E-state index in [1.165, 1.54) is 34.5 Å². The van der Waals surface area contributed by atoms with E-state index in [-0.39, 0.29) is 11.7 Å². The van der Waals surface area contributed by atoms with Crippen LogP contribution in [0, 0.1) is 0 Å². The first-order valence-corrected chi connectivity index (χ1v) is 10.3. The van der Waals surface area contributed by atoms with E-state index in [1.807, 2.05) is 0 Å². The van der Waals surface area contributed by atoms with Gasteiger partial charge in [-0.1, -0.05) is 81.7 Å². The zero-order chi connectivity index (χ0) is 22.7. The number of hydrogen-bond acceptors (Lipinski definition) is 7. The number of aliphatic imine (C=N–C) groups is 2. The minimum atomic E-state index is -2.05. The maximum Gasteiger partial charge on any atom is 0.285 e. The average Bonchev–Trinajstić information content (AvgIpc) is 2.69. The Balaban J connectivity index is 2.61. The van der Waals surface area contributed by atoms with Gasteiger partial charge < -0.3 is 14.2 Å². The van der Waals surface area contributed by atoms with E-state index in [2.05, 4.69) is 9.98 Å². The van der Waals surface area contributed by atoms with Gasteiger partial charge in [-0.25, -0.2) is 9.98 Å². The molecule has 1 atom stereocenters. The third-order valence-corrected chi connectivity index (χ3v) is 4.87. The first-order chi connectivity index (χ1) is 13.9. The van der Waals surface area contributed by atoms with Gasteiger partial charge in [-0.2, -0.15) is 5.06 Å². The number of benzene rings is 1. The van der Waals surface area contributed by atoms with Gasteiger partial charge in [-0.15, -0.1) is 0 Å². The van der Waals surface area contributed by atoms with Crippen molar-refractivity contribution in [1.82, 2.24) is 5.06 Å². The molecule has 0 fully saturated rings. The number of hydrogen-bond donors (Lipinski definition) is 0. The minimum absolute atomic E-state index is 0.217. The zero-order valence-electron chi connectivity index (χ0n) is 16.1. The molecule has 0 aromatic heterocycles. The quantitative estimate of drug-likeness (QED) is 0.451. The van der Waals surface area contributed by atoms with Gasteiger partial charge in [0.1, 0.15) is 0 Å². The van der Waals surface area contributed by atoms with Crippen LogP contribution in [-0.2, 0) is 9.57 Å². The lowest BCUT2D eigenvalue weighted by Gasteiger charge is -2.41. The summed E-state index contributed by atoms with van der Waals surface area (Å²) in [6.07, 6.45) is 3.18. The van der Waals surface area contributed by atoms with Crippen molar-refractivity contribution >= 4 is 87.4 Å². The molecule has 1 aliphatic heterocycles. The lowest BCUT2D eigenvalue weighted by Crippen LogP contribution is -2.57. The molecule has 1 heterocycles. The highest BCUT2D eigenvalue weighted by Crippen LogP contribution is 2.40. The molecule has 7 nitrogen and oxygen atoms in total. The third-order valence-electron chi connectivity index (χ3n) is 3.85. The molecule has 0 bridgehead atoms. The van der Waals surface area contributed by atoms with Gasteiger partial charge in [0.05, 0.1) is 21.3 Å². The van der Waals surface area contributed by atoms with Crippen molar-refractivity contribution in [3.63, 3.8) is 0 Å². The highest BCUT2D eigenvalue weighted by molar-refractivity contribution is 6.79. The third kappa shape index (κ3) is 5.58. The molecule has 1 aliphatic rings. The second-order valence-electron chi connectivity index (χ2n) is 5.65. The zero-order valence-corrected chi connectivity index (χ0v) is 20.7. The second kappa shape index (κ2) is 9.88. The highest BCUT2D eigenvalue weighted by atomic mass is 35.6. The first kappa shape index (κ1) is 25.6. The summed E-state index contributed by atoms with van der Waals surface area (Å²) in [6.45, 7) is 0. The molecule has 0 aliphatic carbocycles. The first-order valence-electron chi connectivity index (χ1n) is 8.05. The average molecular weight is 540 g/mol. The van der Waals surface area contributed by atoms with Gasteiger partial charge in [-0.3, -0.25) is 4.84 Å². The summed E-state index contributed by atoms with van der Waals surface area (Å²) >= 11 is 36.1. The van der Waals surface area contributed by atoms with Crippen molar-refractivity contribution in [2.75, 3.05) is 28.4 Å². The summed E-state index contributed by atoms with van der Waals surface area (Å²) < 4.78 is 12.1. The number of ether oxygens (including phenoxy) is 3. The smallest absolute Gasteiger partial charge is 0.285 e. The van der Waals surface area contributed by atoms with Crippen LogP contribution in [0.15, 0.2) is 34.3 Å². The van der Waals surface area contributed by atoms with E-state index in [9.17, 15) is 0 Å². The SMILES string of the molecule is COc1ccc(C=CC2(OC)N=C(C(Cl)(Cl)Cl)N=C(C(Cl)(Cl)Cl)N2OC)cc1OC. The maximum atomic E-state index is 6.06. The standard InChI is InChI=1S/C17H17Cl6N3O4/c1-27-11-6-5-10(9-12(11)28-2)7-8-15(29-3)25-13(16(18,19)20)24-14(17(21,22)23)26(15)30-4/h5-9H,1-4H3. The predicted molar refractivity (Wildman–Crippen MR) is 123 cm³/mol. The number of hydroxylamine groups is 2. The number of nitrogens with zero attached hydrogens (tertiary/aromatic N) is 3. The molecule has 30 heavy (non-hydrogen) atoms. The lowest BCUT2D eigenvalue weighted by molar-refractivity contribution is -0.218. The van der Waals surface area contributed by atoms with Gasteiger partial charge >= 0.3 is 0 Å². The van der Waals surface area contributed by atoms with Crippen molar-refractivity contribution in [2.45, 2.75) is 13.4 Å². The molecule has 0 saturated heterocycles. The molecule has 0 spiro atoms. The largest absolute Gasteiger partial charge is 0.493 e. The summed E-state index contributed by atoms with van der Waals surface area (Å²) in [5, 5.41) is 1.05. The van der Waals surface area contributed by atoms with Crippen molar-refractivity contribution in [2.24, 2.45) is 9.98 Å². The summed E-state index contributed by atoms with van der Waals surface area (Å²) in [4.78, 5) is 13.7. The van der Waals surface area contributed by atoms with Crippen molar-refractivity contribution in [3.05, 3.63) is 29.8 Å². The monoisotopic (exact) mass is 537 g/mol. The molecular formula is C17H17Cl6N3O4. The molecule has 1 aromatic rings. The Kier molecular flexibility index (Phi) is 8.44. The number of alkyl halides is 6. The lowest BCUT2D eigenvalue weighted by atomic mass is 10.1. The number of halogens is 6. The molecule has 166 valence electrons. The van der Waals surface area contributed by atoms with E-state index >= 15 is 0 Å². The van der Waals surface area contributed by atoms with Gasteiger partial charge in [-0.05, 0) is 23.8 Å². The Bertz CT molecular complexity index is 866. The van der Waals surface area contributed by atoms with E-state index in [1.54, 1.807) is 24.3 Å². The van der Waals surface area contributed by atoms with Gasteiger partial charge in [0.15, 0.2) is 23.2 Å². The Morgan fingerprint density at radius 2 is 1.57 bits per heavy atom. The molecule has 0 saturated carbocycles. The minimum Gasteiger partial charge on any atom is -0.493 e. The summed E-state index contributed by atoms with van der Waals surface area (Å²) in [5.41, 5.74) is 0.712. The second-order valence-corrected chi connectivity index (χ2v) is 10.2. The highest BCUT2D eigenvalue weighted by Gasteiger charge is 2.50. The molecule has 1 unspecified atom stereocenters. The van der Waals surface area contributed by atoms with Crippen LogP contribution < -0.4 is 9.47 Å². The van der Waals surface area contributed by atoms with Crippen molar-refractivity contribution in [1.29, 1.82) is 0 Å². The fourth-order valence-corrected chi connectivity index (χ4v) is 3.12. The number of rotatable bonds is 6. The molecule has 0 N–H and O–H groups in total. The molecular weight excluding hydrogens is 523 g/mol. The number of amidine groups is 2. The summed E-state index contributed by atoms with van der Waals surface area (Å²) in [6, 6.07) is 5.25. The molecule has 1 aromatic carbocycles.